The number of ether oxygens (including phenoxy) is 1. The number of amides is 1. The molecule has 0 aromatic heterocycles. The van der Waals surface area contributed by atoms with E-state index >= 15 is 0 Å². The maximum absolute atomic E-state index is 11.9. The fraction of sp³-hybridized carbons (Fsp3) is 0.909. The lowest BCUT2D eigenvalue weighted by molar-refractivity contribution is -0.134. The molecular formula is C11H22N2O3. The van der Waals surface area contributed by atoms with E-state index in [-0.39, 0.29) is 18.6 Å². The summed E-state index contributed by atoms with van der Waals surface area (Å²) in [6.45, 7) is 7.74. The van der Waals surface area contributed by atoms with Crippen molar-refractivity contribution in [2.45, 2.75) is 19.9 Å². The number of carbonyl (C=O) groups is 1. The summed E-state index contributed by atoms with van der Waals surface area (Å²) in [6, 6.07) is -0.0340. The van der Waals surface area contributed by atoms with E-state index in [2.05, 4.69) is 0 Å². The zero-order valence-electron chi connectivity index (χ0n) is 10.2. The van der Waals surface area contributed by atoms with Gasteiger partial charge in [0.1, 0.15) is 0 Å². The van der Waals surface area contributed by atoms with Gasteiger partial charge in [-0.1, -0.05) is 0 Å². The predicted octanol–water partition coefficient (Wildman–Crippen LogP) is -0.452. The van der Waals surface area contributed by atoms with Crippen LogP contribution in [0.4, 0.5) is 0 Å². The summed E-state index contributed by atoms with van der Waals surface area (Å²) in [7, 11) is 0. The highest BCUT2D eigenvalue weighted by Gasteiger charge is 2.25. The molecule has 5 nitrogen and oxygen atoms in total. The number of morpholine rings is 1. The Balaban J connectivity index is 2.47. The van der Waals surface area contributed by atoms with Crippen molar-refractivity contribution in [3.8, 4) is 0 Å². The predicted molar refractivity (Wildman–Crippen MR) is 61.2 cm³/mol. The summed E-state index contributed by atoms with van der Waals surface area (Å²) < 4.78 is 5.27. The van der Waals surface area contributed by atoms with Gasteiger partial charge in [-0.25, -0.2) is 0 Å². The van der Waals surface area contributed by atoms with Crippen molar-refractivity contribution in [2.75, 3.05) is 46.0 Å². The highest BCUT2D eigenvalue weighted by Crippen LogP contribution is 2.06. The number of hydrogen-bond acceptors (Lipinski definition) is 4. The van der Waals surface area contributed by atoms with Gasteiger partial charge in [0.25, 0.3) is 0 Å². The molecule has 1 fully saturated rings. The number of aliphatic hydroxyl groups excluding tert-OH is 1. The summed E-state index contributed by atoms with van der Waals surface area (Å²) in [5.74, 6) is 0.130. The summed E-state index contributed by atoms with van der Waals surface area (Å²) in [6.07, 6.45) is 0. The zero-order chi connectivity index (χ0) is 12.0. The van der Waals surface area contributed by atoms with Gasteiger partial charge in [-0.3, -0.25) is 9.69 Å². The number of likely N-dealkylation sites (N-methyl/N-ethyl adjacent to an activating group) is 1. The molecule has 0 bridgehead atoms. The highest BCUT2D eigenvalue weighted by atomic mass is 16.5. The van der Waals surface area contributed by atoms with Crippen molar-refractivity contribution in [2.24, 2.45) is 0 Å². The summed E-state index contributed by atoms with van der Waals surface area (Å²) >= 11 is 0. The van der Waals surface area contributed by atoms with E-state index in [0.29, 0.717) is 19.8 Å². The largest absolute Gasteiger partial charge is 0.395 e. The van der Waals surface area contributed by atoms with Crippen LogP contribution in [0.2, 0.25) is 0 Å². The molecule has 1 amide bonds. The van der Waals surface area contributed by atoms with Crippen LogP contribution in [0, 0.1) is 0 Å². The monoisotopic (exact) mass is 230 g/mol. The minimum Gasteiger partial charge on any atom is -0.395 e. The maximum atomic E-state index is 11.9. The van der Waals surface area contributed by atoms with Crippen molar-refractivity contribution in [3.63, 3.8) is 0 Å². The average molecular weight is 230 g/mol. The Kier molecular flexibility index (Phi) is 5.73. The first-order valence-corrected chi connectivity index (χ1v) is 5.93. The molecule has 5 heteroatoms. The Morgan fingerprint density at radius 2 is 2.19 bits per heavy atom. The van der Waals surface area contributed by atoms with Crippen molar-refractivity contribution in [3.05, 3.63) is 0 Å². The fourth-order valence-corrected chi connectivity index (χ4v) is 1.92. The van der Waals surface area contributed by atoms with E-state index in [1.807, 2.05) is 23.6 Å². The van der Waals surface area contributed by atoms with E-state index in [0.717, 1.165) is 19.6 Å². The van der Waals surface area contributed by atoms with Gasteiger partial charge < -0.3 is 14.7 Å². The average Bonchev–Trinajstić information content (AvgIpc) is 2.31. The molecule has 16 heavy (non-hydrogen) atoms. The number of aliphatic hydroxyl groups is 1. The molecule has 1 unspecified atom stereocenters. The fourth-order valence-electron chi connectivity index (χ4n) is 1.92. The topological polar surface area (TPSA) is 53.0 Å². The maximum Gasteiger partial charge on any atom is 0.236 e. The second kappa shape index (κ2) is 6.83. The smallest absolute Gasteiger partial charge is 0.236 e. The summed E-state index contributed by atoms with van der Waals surface area (Å²) in [5.41, 5.74) is 0. The first kappa shape index (κ1) is 13.4. The van der Waals surface area contributed by atoms with Crippen LogP contribution in [0.3, 0.4) is 0 Å². The van der Waals surface area contributed by atoms with Crippen LogP contribution in [0.1, 0.15) is 13.8 Å². The van der Waals surface area contributed by atoms with Crippen molar-refractivity contribution >= 4 is 5.91 Å². The van der Waals surface area contributed by atoms with Gasteiger partial charge >= 0.3 is 0 Å². The molecule has 0 radical (unpaired) electrons. The van der Waals surface area contributed by atoms with Gasteiger partial charge in [-0.15, -0.1) is 0 Å². The van der Waals surface area contributed by atoms with E-state index in [1.165, 1.54) is 0 Å². The summed E-state index contributed by atoms with van der Waals surface area (Å²) in [4.78, 5) is 15.7. The van der Waals surface area contributed by atoms with E-state index in [9.17, 15) is 9.90 Å². The Labute approximate surface area is 97.0 Å². The zero-order valence-corrected chi connectivity index (χ0v) is 10.2. The van der Waals surface area contributed by atoms with Crippen molar-refractivity contribution in [1.82, 2.24) is 9.80 Å². The molecule has 1 heterocycles. The van der Waals surface area contributed by atoms with Crippen LogP contribution in [-0.2, 0) is 9.53 Å². The Morgan fingerprint density at radius 1 is 1.50 bits per heavy atom. The summed E-state index contributed by atoms with van der Waals surface area (Å²) in [5, 5.41) is 9.18. The third-order valence-corrected chi connectivity index (χ3v) is 3.01. The molecule has 0 saturated carbocycles. The Bertz CT molecular complexity index is 219. The number of nitrogens with zero attached hydrogens (tertiary/aromatic N) is 2. The molecule has 1 saturated heterocycles. The minimum atomic E-state index is -0.0340. The van der Waals surface area contributed by atoms with Gasteiger partial charge in [-0.05, 0) is 13.8 Å². The first-order valence-electron chi connectivity index (χ1n) is 5.93. The second-order valence-corrected chi connectivity index (χ2v) is 3.95. The van der Waals surface area contributed by atoms with Crippen molar-refractivity contribution < 1.29 is 14.6 Å². The van der Waals surface area contributed by atoms with Crippen LogP contribution in [0.15, 0.2) is 0 Å². The highest BCUT2D eigenvalue weighted by molar-refractivity contribution is 5.78. The molecule has 0 aromatic carbocycles. The first-order chi connectivity index (χ1) is 7.72. The van der Waals surface area contributed by atoms with Gasteiger partial charge in [0.05, 0.1) is 32.4 Å². The molecule has 1 aliphatic heterocycles. The van der Waals surface area contributed by atoms with E-state index in [4.69, 9.17) is 4.74 Å². The SMILES string of the molecule is CCN(CC)C(=O)CN1CCOCC1CO. The van der Waals surface area contributed by atoms with Crippen molar-refractivity contribution in [1.29, 1.82) is 0 Å². The minimum absolute atomic E-state index is 0.0340. The third kappa shape index (κ3) is 3.43. The molecule has 94 valence electrons. The number of hydrogen-bond donors (Lipinski definition) is 1. The molecule has 0 spiro atoms. The van der Waals surface area contributed by atoms with Gasteiger partial charge in [-0.2, -0.15) is 0 Å². The Hall–Kier alpha value is -0.650. The lowest BCUT2D eigenvalue weighted by Crippen LogP contribution is -2.51. The standard InChI is InChI=1S/C11H22N2O3/c1-3-12(4-2)11(15)7-13-5-6-16-9-10(13)8-14/h10,14H,3-9H2,1-2H3. The van der Waals surface area contributed by atoms with Crippen LogP contribution < -0.4 is 0 Å². The van der Waals surface area contributed by atoms with E-state index < -0.39 is 0 Å². The molecule has 1 aliphatic rings. The number of rotatable bonds is 5. The van der Waals surface area contributed by atoms with E-state index in [1.54, 1.807) is 0 Å². The van der Waals surface area contributed by atoms with Crippen LogP contribution >= 0.6 is 0 Å². The molecule has 0 aliphatic carbocycles. The van der Waals surface area contributed by atoms with Crippen LogP contribution in [-0.4, -0.2) is 72.9 Å². The van der Waals surface area contributed by atoms with Gasteiger partial charge in [0.2, 0.25) is 5.91 Å². The molecule has 1 rings (SSSR count). The third-order valence-electron chi connectivity index (χ3n) is 3.01. The molecule has 0 aromatic rings. The van der Waals surface area contributed by atoms with Crippen LogP contribution in [0.5, 0.6) is 0 Å². The molecule has 1 N–H and O–H groups in total. The molecule has 1 atom stereocenters. The van der Waals surface area contributed by atoms with Gasteiger partial charge in [0.15, 0.2) is 0 Å². The lowest BCUT2D eigenvalue weighted by Gasteiger charge is -2.35. The lowest BCUT2D eigenvalue weighted by atomic mass is 10.2. The molecular weight excluding hydrogens is 208 g/mol. The van der Waals surface area contributed by atoms with Crippen LogP contribution in [0.25, 0.3) is 0 Å². The number of carbonyl (C=O) groups excluding carboxylic acids is 1. The quantitative estimate of drug-likeness (QED) is 0.695. The second-order valence-electron chi connectivity index (χ2n) is 3.95. The normalized spacial score (nSPS) is 22.1. The van der Waals surface area contributed by atoms with Gasteiger partial charge in [0, 0.05) is 19.6 Å². The Morgan fingerprint density at radius 3 is 2.75 bits per heavy atom.